The number of hydrogen-bond donors (Lipinski definition) is 1. The van der Waals surface area contributed by atoms with Gasteiger partial charge in [-0.1, -0.05) is 17.7 Å². The summed E-state index contributed by atoms with van der Waals surface area (Å²) in [7, 11) is -3.67. The maximum atomic E-state index is 12.4. The first-order valence-corrected chi connectivity index (χ1v) is 8.99. The topological polar surface area (TPSA) is 75.7 Å². The third-order valence-corrected chi connectivity index (χ3v) is 5.18. The number of benzene rings is 2. The van der Waals surface area contributed by atoms with Crippen LogP contribution in [-0.4, -0.2) is 27.5 Å². The molecule has 0 fully saturated rings. The molecule has 2 aromatic carbocycles. The molecule has 126 valence electrons. The van der Waals surface area contributed by atoms with E-state index in [0.717, 1.165) is 5.56 Å². The third-order valence-electron chi connectivity index (χ3n) is 3.79. The number of nitrogens with zero attached hydrogens (tertiary/aromatic N) is 1. The molecule has 0 unspecified atom stereocenters. The Morgan fingerprint density at radius 2 is 1.88 bits per heavy atom. The van der Waals surface area contributed by atoms with Crippen LogP contribution in [0.15, 0.2) is 47.4 Å². The summed E-state index contributed by atoms with van der Waals surface area (Å²) in [6.45, 7) is 4.24. The summed E-state index contributed by atoms with van der Waals surface area (Å²) in [4.78, 5) is 13.4. The Bertz CT molecular complexity index is 876. The van der Waals surface area contributed by atoms with Crippen molar-refractivity contribution >= 4 is 27.3 Å². The van der Waals surface area contributed by atoms with Gasteiger partial charge in [0.2, 0.25) is 5.91 Å². The summed E-state index contributed by atoms with van der Waals surface area (Å²) in [6.07, 6.45) is 0. The van der Waals surface area contributed by atoms with Crippen molar-refractivity contribution in [1.82, 2.24) is 0 Å². The number of nitrogens with one attached hydrogen (secondary N) is 1. The Balaban J connectivity index is 1.89. The van der Waals surface area contributed by atoms with Crippen LogP contribution < -0.4 is 14.4 Å². The molecule has 0 aromatic heterocycles. The van der Waals surface area contributed by atoms with Crippen molar-refractivity contribution in [3.05, 3.63) is 48.0 Å². The van der Waals surface area contributed by atoms with Gasteiger partial charge in [-0.2, -0.15) is 0 Å². The molecule has 3 rings (SSSR count). The smallest absolute Gasteiger partial charge is 0.261 e. The Labute approximate surface area is 141 Å². The largest absolute Gasteiger partial charge is 0.489 e. The van der Waals surface area contributed by atoms with E-state index >= 15 is 0 Å². The van der Waals surface area contributed by atoms with Crippen molar-refractivity contribution in [2.24, 2.45) is 0 Å². The SMILES string of the molecule is CC(=O)N1CCOc2cc(NS(=O)(=O)c3ccc(C)cc3)ccc21. The predicted molar refractivity (Wildman–Crippen MR) is 92.0 cm³/mol. The fourth-order valence-electron chi connectivity index (χ4n) is 2.54. The standard InChI is InChI=1S/C17H18N2O4S/c1-12-3-6-15(7-4-12)24(21,22)18-14-5-8-16-17(11-14)23-10-9-19(16)13(2)20/h3-8,11,18H,9-10H2,1-2H3. The number of carbonyl (C=O) groups is 1. The van der Waals surface area contributed by atoms with Crippen LogP contribution in [0.25, 0.3) is 0 Å². The minimum Gasteiger partial charge on any atom is -0.489 e. The maximum Gasteiger partial charge on any atom is 0.261 e. The number of sulfonamides is 1. The van der Waals surface area contributed by atoms with Gasteiger partial charge in [-0.05, 0) is 31.2 Å². The van der Waals surface area contributed by atoms with E-state index in [2.05, 4.69) is 4.72 Å². The van der Waals surface area contributed by atoms with Gasteiger partial charge in [0.15, 0.2) is 0 Å². The lowest BCUT2D eigenvalue weighted by molar-refractivity contribution is -0.116. The molecule has 1 N–H and O–H groups in total. The zero-order valence-corrected chi connectivity index (χ0v) is 14.3. The second-order valence-electron chi connectivity index (χ2n) is 5.62. The van der Waals surface area contributed by atoms with Gasteiger partial charge in [0.05, 0.1) is 22.8 Å². The van der Waals surface area contributed by atoms with Crippen molar-refractivity contribution in [3.63, 3.8) is 0 Å². The highest BCUT2D eigenvalue weighted by Gasteiger charge is 2.22. The molecule has 0 aliphatic carbocycles. The molecule has 0 atom stereocenters. The molecular formula is C17H18N2O4S. The number of fused-ring (bicyclic) bond motifs is 1. The summed E-state index contributed by atoms with van der Waals surface area (Å²) in [5, 5.41) is 0. The molecule has 0 spiro atoms. The first-order chi connectivity index (χ1) is 11.4. The highest BCUT2D eigenvalue weighted by molar-refractivity contribution is 7.92. The number of amides is 1. The van der Waals surface area contributed by atoms with E-state index in [4.69, 9.17) is 4.74 Å². The van der Waals surface area contributed by atoms with E-state index in [1.54, 1.807) is 47.4 Å². The lowest BCUT2D eigenvalue weighted by Gasteiger charge is -2.29. The zero-order chi connectivity index (χ0) is 17.3. The molecule has 7 heteroatoms. The molecule has 0 radical (unpaired) electrons. The fourth-order valence-corrected chi connectivity index (χ4v) is 3.59. The predicted octanol–water partition coefficient (Wildman–Crippen LogP) is 2.54. The highest BCUT2D eigenvalue weighted by atomic mass is 32.2. The normalized spacial score (nSPS) is 13.8. The van der Waals surface area contributed by atoms with Crippen LogP contribution >= 0.6 is 0 Å². The van der Waals surface area contributed by atoms with Crippen LogP contribution in [0.3, 0.4) is 0 Å². The van der Waals surface area contributed by atoms with Crippen LogP contribution in [0.5, 0.6) is 5.75 Å². The molecule has 1 amide bonds. The van der Waals surface area contributed by atoms with Crippen molar-refractivity contribution in [1.29, 1.82) is 0 Å². The Hall–Kier alpha value is -2.54. The number of hydrogen-bond acceptors (Lipinski definition) is 4. The van der Waals surface area contributed by atoms with Gasteiger partial charge < -0.3 is 9.64 Å². The summed E-state index contributed by atoms with van der Waals surface area (Å²) >= 11 is 0. The second kappa shape index (κ2) is 6.16. The van der Waals surface area contributed by atoms with Gasteiger partial charge >= 0.3 is 0 Å². The van der Waals surface area contributed by atoms with Crippen molar-refractivity contribution in [2.45, 2.75) is 18.7 Å². The van der Waals surface area contributed by atoms with E-state index in [1.807, 2.05) is 6.92 Å². The van der Waals surface area contributed by atoms with Crippen LogP contribution in [-0.2, 0) is 14.8 Å². The number of aryl methyl sites for hydroxylation is 1. The molecule has 0 saturated heterocycles. The average molecular weight is 346 g/mol. The molecule has 6 nitrogen and oxygen atoms in total. The van der Waals surface area contributed by atoms with Gasteiger partial charge in [-0.3, -0.25) is 9.52 Å². The van der Waals surface area contributed by atoms with E-state index in [1.165, 1.54) is 6.92 Å². The minimum atomic E-state index is -3.67. The van der Waals surface area contributed by atoms with Crippen molar-refractivity contribution < 1.29 is 17.9 Å². The average Bonchev–Trinajstić information content (AvgIpc) is 2.54. The van der Waals surface area contributed by atoms with Gasteiger partial charge in [-0.15, -0.1) is 0 Å². The molecule has 1 aliphatic heterocycles. The molecule has 0 bridgehead atoms. The molecule has 1 aliphatic rings. The summed E-state index contributed by atoms with van der Waals surface area (Å²) in [5.74, 6) is 0.410. The van der Waals surface area contributed by atoms with E-state index in [9.17, 15) is 13.2 Å². The Morgan fingerprint density at radius 3 is 2.54 bits per heavy atom. The Kier molecular flexibility index (Phi) is 4.19. The van der Waals surface area contributed by atoms with Crippen molar-refractivity contribution in [3.8, 4) is 5.75 Å². The summed E-state index contributed by atoms with van der Waals surface area (Å²) in [6, 6.07) is 11.5. The lowest BCUT2D eigenvalue weighted by Crippen LogP contribution is -2.36. The molecule has 0 saturated carbocycles. The number of rotatable bonds is 3. The van der Waals surface area contributed by atoms with Crippen molar-refractivity contribution in [2.75, 3.05) is 22.8 Å². The van der Waals surface area contributed by atoms with Gasteiger partial charge in [-0.25, -0.2) is 8.42 Å². The molecule has 24 heavy (non-hydrogen) atoms. The summed E-state index contributed by atoms with van der Waals surface area (Å²) < 4.78 is 33.0. The van der Waals surface area contributed by atoms with E-state index in [0.29, 0.717) is 30.3 Å². The second-order valence-corrected chi connectivity index (χ2v) is 7.30. The number of ether oxygens (including phenoxy) is 1. The van der Waals surface area contributed by atoms with Crippen LogP contribution in [0, 0.1) is 6.92 Å². The van der Waals surface area contributed by atoms with E-state index < -0.39 is 10.0 Å². The first kappa shape index (κ1) is 16.3. The van der Waals surface area contributed by atoms with Crippen LogP contribution in [0.2, 0.25) is 0 Å². The van der Waals surface area contributed by atoms with Crippen LogP contribution in [0.4, 0.5) is 11.4 Å². The number of carbonyl (C=O) groups excluding carboxylic acids is 1. The maximum absolute atomic E-state index is 12.4. The zero-order valence-electron chi connectivity index (χ0n) is 13.4. The molecule has 1 heterocycles. The van der Waals surface area contributed by atoms with Gasteiger partial charge in [0, 0.05) is 13.0 Å². The number of anilines is 2. The molecular weight excluding hydrogens is 328 g/mol. The van der Waals surface area contributed by atoms with E-state index in [-0.39, 0.29) is 10.8 Å². The quantitative estimate of drug-likeness (QED) is 0.927. The van der Waals surface area contributed by atoms with Gasteiger partial charge in [0.25, 0.3) is 10.0 Å². The Morgan fingerprint density at radius 1 is 1.17 bits per heavy atom. The fraction of sp³-hybridized carbons (Fsp3) is 0.235. The molecule has 2 aromatic rings. The highest BCUT2D eigenvalue weighted by Crippen LogP contribution is 2.34. The van der Waals surface area contributed by atoms with Gasteiger partial charge in [0.1, 0.15) is 12.4 Å². The first-order valence-electron chi connectivity index (χ1n) is 7.51. The van der Waals surface area contributed by atoms with Crippen LogP contribution in [0.1, 0.15) is 12.5 Å². The monoisotopic (exact) mass is 346 g/mol. The lowest BCUT2D eigenvalue weighted by atomic mass is 10.2. The third kappa shape index (κ3) is 3.21. The minimum absolute atomic E-state index is 0.0764. The summed E-state index contributed by atoms with van der Waals surface area (Å²) in [5.41, 5.74) is 2.02.